The number of benzene rings is 1. The monoisotopic (exact) mass is 403 g/mol. The number of nitrogens with zero attached hydrogens (tertiary/aromatic N) is 1. The standard InChI is InChI=1S/C20H26BrN3O/c1-14(2)16-7-6-15(3)19(13-16)23-24-20(25)5-4-12-22-18-10-8-17(21)9-11-18/h6,8-11,16,22H,1,4-5,7,12-13H2,2-3H3,(H,24,25)/b23-19-/t16-/m1/s1. The van der Waals surface area contributed by atoms with Crippen molar-refractivity contribution in [2.45, 2.75) is 39.5 Å². The summed E-state index contributed by atoms with van der Waals surface area (Å²) in [5, 5.41) is 7.63. The Balaban J connectivity index is 1.72. The largest absolute Gasteiger partial charge is 0.385 e. The van der Waals surface area contributed by atoms with Crippen molar-refractivity contribution in [2.75, 3.05) is 11.9 Å². The van der Waals surface area contributed by atoms with E-state index in [1.807, 2.05) is 38.1 Å². The van der Waals surface area contributed by atoms with Crippen molar-refractivity contribution in [3.8, 4) is 0 Å². The molecule has 0 unspecified atom stereocenters. The molecule has 4 nitrogen and oxygen atoms in total. The number of nitrogens with one attached hydrogen (secondary N) is 2. The van der Waals surface area contributed by atoms with E-state index >= 15 is 0 Å². The van der Waals surface area contributed by atoms with Gasteiger partial charge in [-0.15, -0.1) is 0 Å². The molecule has 134 valence electrons. The van der Waals surface area contributed by atoms with Gasteiger partial charge in [0, 0.05) is 23.1 Å². The van der Waals surface area contributed by atoms with Crippen LogP contribution in [-0.2, 0) is 4.79 Å². The van der Waals surface area contributed by atoms with E-state index in [1.165, 1.54) is 5.57 Å². The molecule has 0 bridgehead atoms. The summed E-state index contributed by atoms with van der Waals surface area (Å²) in [4.78, 5) is 12.0. The van der Waals surface area contributed by atoms with Gasteiger partial charge in [0.25, 0.3) is 0 Å². The Bertz CT molecular complexity index is 677. The predicted octanol–water partition coefficient (Wildman–Crippen LogP) is 5.05. The number of hydrazone groups is 1. The number of amides is 1. The van der Waals surface area contributed by atoms with Crippen molar-refractivity contribution in [3.63, 3.8) is 0 Å². The molecule has 0 fully saturated rings. The van der Waals surface area contributed by atoms with Gasteiger partial charge in [-0.25, -0.2) is 5.43 Å². The molecule has 1 aromatic carbocycles. The number of carbonyl (C=O) groups is 1. The topological polar surface area (TPSA) is 53.5 Å². The molecule has 0 radical (unpaired) electrons. The van der Waals surface area contributed by atoms with Gasteiger partial charge in [-0.1, -0.05) is 34.2 Å². The molecule has 1 aliphatic carbocycles. The number of hydrogen-bond acceptors (Lipinski definition) is 3. The number of halogens is 1. The number of hydrogen-bond donors (Lipinski definition) is 2. The van der Waals surface area contributed by atoms with Crippen LogP contribution in [0.15, 0.2) is 57.6 Å². The highest BCUT2D eigenvalue weighted by molar-refractivity contribution is 9.10. The molecule has 0 aliphatic heterocycles. The summed E-state index contributed by atoms with van der Waals surface area (Å²) >= 11 is 3.41. The molecule has 0 heterocycles. The van der Waals surface area contributed by atoms with Crippen LogP contribution in [0.1, 0.15) is 39.5 Å². The second-order valence-electron chi connectivity index (χ2n) is 6.50. The van der Waals surface area contributed by atoms with Crippen LogP contribution in [0.2, 0.25) is 0 Å². The van der Waals surface area contributed by atoms with Crippen LogP contribution in [0.25, 0.3) is 0 Å². The predicted molar refractivity (Wildman–Crippen MR) is 109 cm³/mol. The first kappa shape index (κ1) is 19.4. The molecule has 0 aromatic heterocycles. The smallest absolute Gasteiger partial charge is 0.240 e. The van der Waals surface area contributed by atoms with Crippen LogP contribution in [0.4, 0.5) is 5.69 Å². The minimum Gasteiger partial charge on any atom is -0.385 e. The Morgan fingerprint density at radius 2 is 2.08 bits per heavy atom. The van der Waals surface area contributed by atoms with Gasteiger partial charge in [0.05, 0.1) is 5.71 Å². The molecule has 0 saturated heterocycles. The summed E-state index contributed by atoms with van der Waals surface area (Å²) in [6.07, 6.45) is 5.25. The molecule has 2 N–H and O–H groups in total. The van der Waals surface area contributed by atoms with E-state index in [9.17, 15) is 4.79 Å². The molecule has 0 saturated carbocycles. The van der Waals surface area contributed by atoms with E-state index in [0.717, 1.165) is 47.3 Å². The molecule has 1 amide bonds. The first-order valence-corrected chi connectivity index (χ1v) is 9.42. The maximum Gasteiger partial charge on any atom is 0.240 e. The van der Waals surface area contributed by atoms with E-state index in [2.05, 4.69) is 44.4 Å². The van der Waals surface area contributed by atoms with Crippen molar-refractivity contribution < 1.29 is 4.79 Å². The SMILES string of the molecule is C=C(C)[C@@H]1CC=C(C)/C(=N\NC(=O)CCCNc2ccc(Br)cc2)C1. The van der Waals surface area contributed by atoms with Gasteiger partial charge in [-0.05, 0) is 68.9 Å². The minimum atomic E-state index is -0.0460. The minimum absolute atomic E-state index is 0.0460. The zero-order valence-electron chi connectivity index (χ0n) is 14.9. The Morgan fingerprint density at radius 3 is 2.76 bits per heavy atom. The van der Waals surface area contributed by atoms with E-state index in [4.69, 9.17) is 0 Å². The first-order valence-electron chi connectivity index (χ1n) is 8.63. The Morgan fingerprint density at radius 1 is 1.36 bits per heavy atom. The zero-order chi connectivity index (χ0) is 18.2. The Labute approximate surface area is 158 Å². The van der Waals surface area contributed by atoms with Crippen LogP contribution < -0.4 is 10.7 Å². The van der Waals surface area contributed by atoms with Crippen LogP contribution in [-0.4, -0.2) is 18.2 Å². The zero-order valence-corrected chi connectivity index (χ0v) is 16.5. The lowest BCUT2D eigenvalue weighted by molar-refractivity contribution is -0.121. The third kappa shape index (κ3) is 6.50. The Kier molecular flexibility index (Phi) is 7.44. The summed E-state index contributed by atoms with van der Waals surface area (Å²) in [5.74, 6) is 0.379. The number of rotatable bonds is 7. The summed E-state index contributed by atoms with van der Waals surface area (Å²) in [6.45, 7) is 8.88. The second kappa shape index (κ2) is 9.56. The molecule has 1 aromatic rings. The Hall–Kier alpha value is -1.88. The summed E-state index contributed by atoms with van der Waals surface area (Å²) in [5.41, 5.74) is 7.02. The molecular formula is C20H26BrN3O. The van der Waals surface area contributed by atoms with Crippen molar-refractivity contribution in [1.29, 1.82) is 0 Å². The molecule has 5 heteroatoms. The van der Waals surface area contributed by atoms with E-state index in [0.29, 0.717) is 12.3 Å². The summed E-state index contributed by atoms with van der Waals surface area (Å²) in [7, 11) is 0. The van der Waals surface area contributed by atoms with Crippen molar-refractivity contribution in [2.24, 2.45) is 11.0 Å². The molecule has 0 spiro atoms. The van der Waals surface area contributed by atoms with Crippen LogP contribution in [0, 0.1) is 5.92 Å². The highest BCUT2D eigenvalue weighted by Gasteiger charge is 2.18. The molecule has 1 aliphatic rings. The van der Waals surface area contributed by atoms with E-state index in [-0.39, 0.29) is 5.91 Å². The van der Waals surface area contributed by atoms with Gasteiger partial charge in [-0.2, -0.15) is 5.10 Å². The first-order chi connectivity index (χ1) is 12.0. The molecule has 25 heavy (non-hydrogen) atoms. The van der Waals surface area contributed by atoms with Crippen LogP contribution in [0.5, 0.6) is 0 Å². The van der Waals surface area contributed by atoms with Crippen molar-refractivity contribution in [1.82, 2.24) is 5.43 Å². The molecule has 2 rings (SSSR count). The quantitative estimate of drug-likeness (QED) is 0.380. The van der Waals surface area contributed by atoms with Gasteiger partial charge >= 0.3 is 0 Å². The number of anilines is 1. The molecular weight excluding hydrogens is 378 g/mol. The van der Waals surface area contributed by atoms with Crippen LogP contribution in [0.3, 0.4) is 0 Å². The van der Waals surface area contributed by atoms with Gasteiger partial charge in [0.2, 0.25) is 5.91 Å². The van der Waals surface area contributed by atoms with Crippen molar-refractivity contribution in [3.05, 3.63) is 52.5 Å². The lowest BCUT2D eigenvalue weighted by atomic mass is 9.85. The van der Waals surface area contributed by atoms with E-state index < -0.39 is 0 Å². The highest BCUT2D eigenvalue weighted by Crippen LogP contribution is 2.26. The summed E-state index contributed by atoms with van der Waals surface area (Å²) < 4.78 is 1.05. The van der Waals surface area contributed by atoms with Gasteiger partial charge in [0.15, 0.2) is 0 Å². The highest BCUT2D eigenvalue weighted by atomic mass is 79.9. The van der Waals surface area contributed by atoms with E-state index in [1.54, 1.807) is 0 Å². The lowest BCUT2D eigenvalue weighted by Crippen LogP contribution is -2.23. The lowest BCUT2D eigenvalue weighted by Gasteiger charge is -2.22. The maximum atomic E-state index is 12.0. The van der Waals surface area contributed by atoms with Crippen molar-refractivity contribution >= 4 is 33.2 Å². The number of carbonyl (C=O) groups excluding carboxylic acids is 1. The van der Waals surface area contributed by atoms with Gasteiger partial charge in [-0.3, -0.25) is 4.79 Å². The van der Waals surface area contributed by atoms with Gasteiger partial charge in [0.1, 0.15) is 0 Å². The second-order valence-corrected chi connectivity index (χ2v) is 7.42. The normalized spacial score (nSPS) is 18.6. The third-order valence-electron chi connectivity index (χ3n) is 4.37. The number of allylic oxidation sites excluding steroid dienone is 3. The van der Waals surface area contributed by atoms with Gasteiger partial charge < -0.3 is 5.32 Å². The summed E-state index contributed by atoms with van der Waals surface area (Å²) in [6, 6.07) is 7.99. The average molecular weight is 404 g/mol. The fraction of sp³-hybridized carbons (Fsp3) is 0.400. The maximum absolute atomic E-state index is 12.0. The fourth-order valence-corrected chi connectivity index (χ4v) is 2.92. The molecule has 1 atom stereocenters. The van der Waals surface area contributed by atoms with Crippen LogP contribution >= 0.6 is 15.9 Å². The third-order valence-corrected chi connectivity index (χ3v) is 4.90. The fourth-order valence-electron chi connectivity index (χ4n) is 2.66. The average Bonchev–Trinajstić information content (AvgIpc) is 2.59.